The number of carbonyl (C=O) groups is 2. The minimum Gasteiger partial charge on any atom is -0.361 e. The van der Waals surface area contributed by atoms with Crippen molar-refractivity contribution >= 4 is 22.7 Å². The van der Waals surface area contributed by atoms with Gasteiger partial charge < -0.3 is 15.2 Å². The lowest BCUT2D eigenvalue weighted by atomic mass is 9.95. The van der Waals surface area contributed by atoms with Crippen molar-refractivity contribution in [2.45, 2.75) is 37.8 Å². The Labute approximate surface area is 169 Å². The molecule has 29 heavy (non-hydrogen) atoms. The maximum Gasteiger partial charge on any atom is 0.254 e. The second-order valence-corrected chi connectivity index (χ2v) is 7.74. The van der Waals surface area contributed by atoms with Gasteiger partial charge in [0.2, 0.25) is 5.91 Å². The molecule has 7 heteroatoms. The minimum absolute atomic E-state index is 0.0291. The topological polar surface area (TPSA) is 89.9 Å². The van der Waals surface area contributed by atoms with E-state index in [1.54, 1.807) is 0 Å². The monoisotopic (exact) mass is 391 g/mol. The molecule has 0 spiro atoms. The number of likely N-dealkylation sites (tertiary alicyclic amines) is 1. The number of aromatic amines is 1. The van der Waals surface area contributed by atoms with Gasteiger partial charge in [0, 0.05) is 67.5 Å². The van der Waals surface area contributed by atoms with Gasteiger partial charge in [0.05, 0.1) is 0 Å². The molecular weight excluding hydrogens is 366 g/mol. The Morgan fingerprint density at radius 1 is 1.24 bits per heavy atom. The van der Waals surface area contributed by atoms with E-state index in [1.807, 2.05) is 35.4 Å². The lowest BCUT2D eigenvalue weighted by Gasteiger charge is -2.31. The first kappa shape index (κ1) is 19.2. The smallest absolute Gasteiger partial charge is 0.254 e. The van der Waals surface area contributed by atoms with E-state index in [0.29, 0.717) is 50.9 Å². The molecule has 0 radical (unpaired) electrons. The molecule has 1 aromatic heterocycles. The molecule has 1 aromatic carbocycles. The molecule has 1 fully saturated rings. The summed E-state index contributed by atoms with van der Waals surface area (Å²) in [5, 5.41) is 12.1. The van der Waals surface area contributed by atoms with Gasteiger partial charge in [-0.05, 0) is 31.0 Å². The van der Waals surface area contributed by atoms with Crippen LogP contribution in [0.5, 0.6) is 0 Å². The molecule has 7 nitrogen and oxygen atoms in total. The largest absolute Gasteiger partial charge is 0.361 e. The van der Waals surface area contributed by atoms with Crippen molar-refractivity contribution in [2.75, 3.05) is 19.6 Å². The summed E-state index contributed by atoms with van der Waals surface area (Å²) in [6.45, 7) is 1.73. The van der Waals surface area contributed by atoms with Gasteiger partial charge in [0.1, 0.15) is 0 Å². The summed E-state index contributed by atoms with van der Waals surface area (Å²) in [6, 6.07) is 7.64. The Morgan fingerprint density at radius 3 is 2.76 bits per heavy atom. The molecule has 2 amide bonds. The molecule has 2 aliphatic heterocycles. The predicted octanol–water partition coefficient (Wildman–Crippen LogP) is 3.10. The van der Waals surface area contributed by atoms with E-state index in [4.69, 9.17) is 6.42 Å². The molecule has 0 bridgehead atoms. The number of hydrogen-bond donors (Lipinski definition) is 2. The number of terminal acetylenes is 1. The number of nitrogens with zero attached hydrogens (tertiary/aromatic N) is 3. The molecule has 2 N–H and O–H groups in total. The molecular formula is C22H25N5O2. The average Bonchev–Trinajstić information content (AvgIpc) is 3.35. The van der Waals surface area contributed by atoms with Crippen LogP contribution in [0.3, 0.4) is 0 Å². The standard InChI is InChI=1S/C22H25N5O2/c1-2-3-10-22(25-26-22)11-13-24-20(28)16-8-14-27(15-9-16)21(29)18-5-4-6-19-17(18)7-12-23-19/h1,4-7,12,16,23H,3,8-11,13-15H2,(H,24,28). The van der Waals surface area contributed by atoms with Crippen molar-refractivity contribution in [3.05, 3.63) is 36.0 Å². The fraction of sp³-hybridized carbons (Fsp3) is 0.455. The number of carbonyl (C=O) groups excluding carboxylic acids is 2. The van der Waals surface area contributed by atoms with Crippen LogP contribution in [0.25, 0.3) is 10.9 Å². The lowest BCUT2D eigenvalue weighted by molar-refractivity contribution is -0.126. The molecule has 0 aliphatic carbocycles. The van der Waals surface area contributed by atoms with Crippen LogP contribution in [-0.2, 0) is 4.79 Å². The summed E-state index contributed by atoms with van der Waals surface area (Å²) in [6.07, 6.45) is 10.6. The minimum atomic E-state index is -0.366. The highest BCUT2D eigenvalue weighted by atomic mass is 16.2. The van der Waals surface area contributed by atoms with E-state index in [2.05, 4.69) is 26.4 Å². The van der Waals surface area contributed by atoms with Crippen LogP contribution in [0, 0.1) is 18.3 Å². The zero-order valence-corrected chi connectivity index (χ0v) is 16.4. The first-order valence-electron chi connectivity index (χ1n) is 10.1. The third-order valence-electron chi connectivity index (χ3n) is 5.86. The Morgan fingerprint density at radius 2 is 2.03 bits per heavy atom. The van der Waals surface area contributed by atoms with Gasteiger partial charge >= 0.3 is 0 Å². The van der Waals surface area contributed by atoms with E-state index in [9.17, 15) is 9.59 Å². The molecule has 2 aromatic rings. The highest BCUT2D eigenvalue weighted by molar-refractivity contribution is 6.06. The van der Waals surface area contributed by atoms with Gasteiger partial charge in [-0.25, -0.2) is 0 Å². The zero-order chi connectivity index (χ0) is 20.3. The third-order valence-corrected chi connectivity index (χ3v) is 5.86. The number of rotatable bonds is 7. The molecule has 0 saturated carbocycles. The lowest BCUT2D eigenvalue weighted by Crippen LogP contribution is -2.43. The predicted molar refractivity (Wildman–Crippen MR) is 110 cm³/mol. The van der Waals surface area contributed by atoms with Crippen molar-refractivity contribution in [2.24, 2.45) is 16.1 Å². The summed E-state index contributed by atoms with van der Waals surface area (Å²) in [4.78, 5) is 30.4. The third kappa shape index (κ3) is 4.16. The second kappa shape index (κ2) is 8.08. The molecule has 0 unspecified atom stereocenters. The van der Waals surface area contributed by atoms with E-state index in [-0.39, 0.29) is 23.4 Å². The number of aromatic nitrogens is 1. The maximum atomic E-state index is 12.9. The van der Waals surface area contributed by atoms with Crippen LogP contribution in [0.1, 0.15) is 42.5 Å². The second-order valence-electron chi connectivity index (χ2n) is 7.74. The zero-order valence-electron chi connectivity index (χ0n) is 16.4. The maximum absolute atomic E-state index is 12.9. The number of piperidine rings is 1. The van der Waals surface area contributed by atoms with Crippen molar-refractivity contribution < 1.29 is 9.59 Å². The first-order chi connectivity index (χ1) is 14.1. The Bertz CT molecular complexity index is 972. The van der Waals surface area contributed by atoms with Crippen LogP contribution in [0.2, 0.25) is 0 Å². The Kier molecular flexibility index (Phi) is 5.34. The van der Waals surface area contributed by atoms with E-state index in [1.165, 1.54) is 0 Å². The number of fused-ring (bicyclic) bond motifs is 1. The van der Waals surface area contributed by atoms with Crippen LogP contribution in [0.15, 0.2) is 40.7 Å². The van der Waals surface area contributed by atoms with E-state index in [0.717, 1.165) is 17.3 Å². The molecule has 150 valence electrons. The van der Waals surface area contributed by atoms with Gasteiger partial charge in [-0.1, -0.05) is 6.07 Å². The fourth-order valence-corrected chi connectivity index (χ4v) is 3.99. The molecule has 1 saturated heterocycles. The highest BCUT2D eigenvalue weighted by Gasteiger charge is 2.39. The highest BCUT2D eigenvalue weighted by Crippen LogP contribution is 2.36. The molecule has 0 atom stereocenters. The normalized spacial score (nSPS) is 17.8. The number of nitrogens with one attached hydrogen (secondary N) is 2. The number of amides is 2. The van der Waals surface area contributed by atoms with E-state index < -0.39 is 0 Å². The Hall–Kier alpha value is -3.14. The van der Waals surface area contributed by atoms with Crippen molar-refractivity contribution in [3.8, 4) is 12.3 Å². The SMILES string of the molecule is C#CCCC1(CCNC(=O)C2CCN(C(=O)c3cccc4[nH]ccc34)CC2)N=N1. The Balaban J connectivity index is 1.25. The van der Waals surface area contributed by atoms with Gasteiger partial charge in [-0.3, -0.25) is 9.59 Å². The average molecular weight is 391 g/mol. The molecule has 4 rings (SSSR count). The van der Waals surface area contributed by atoms with Crippen LogP contribution in [0.4, 0.5) is 0 Å². The summed E-state index contributed by atoms with van der Waals surface area (Å²) < 4.78 is 0. The molecule has 2 aliphatic rings. The van der Waals surface area contributed by atoms with E-state index >= 15 is 0 Å². The molecule has 3 heterocycles. The van der Waals surface area contributed by atoms with Crippen LogP contribution in [-0.4, -0.2) is 47.0 Å². The summed E-state index contributed by atoms with van der Waals surface area (Å²) >= 11 is 0. The van der Waals surface area contributed by atoms with Crippen molar-refractivity contribution in [1.29, 1.82) is 0 Å². The summed E-state index contributed by atoms with van der Waals surface area (Å²) in [7, 11) is 0. The van der Waals surface area contributed by atoms with Gasteiger partial charge in [0.15, 0.2) is 5.66 Å². The van der Waals surface area contributed by atoms with Gasteiger partial charge in [0.25, 0.3) is 5.91 Å². The first-order valence-corrected chi connectivity index (χ1v) is 10.1. The van der Waals surface area contributed by atoms with Gasteiger partial charge in [-0.15, -0.1) is 12.3 Å². The summed E-state index contributed by atoms with van der Waals surface area (Å²) in [5.41, 5.74) is 1.30. The van der Waals surface area contributed by atoms with Crippen LogP contribution < -0.4 is 5.32 Å². The summed E-state index contributed by atoms with van der Waals surface area (Å²) in [5.74, 6) is 2.63. The number of H-pyrrole nitrogens is 1. The number of hydrogen-bond acceptors (Lipinski definition) is 4. The van der Waals surface area contributed by atoms with Crippen molar-refractivity contribution in [3.63, 3.8) is 0 Å². The van der Waals surface area contributed by atoms with Crippen molar-refractivity contribution in [1.82, 2.24) is 15.2 Å². The fourth-order valence-electron chi connectivity index (χ4n) is 3.99. The van der Waals surface area contributed by atoms with Crippen LogP contribution >= 0.6 is 0 Å². The number of benzene rings is 1. The quantitative estimate of drug-likeness (QED) is 0.710. The van der Waals surface area contributed by atoms with Gasteiger partial charge in [-0.2, -0.15) is 10.2 Å².